The highest BCUT2D eigenvalue weighted by Crippen LogP contribution is 2.44. The van der Waals surface area contributed by atoms with Crippen LogP contribution in [-0.4, -0.2) is 22.1 Å². The van der Waals surface area contributed by atoms with Crippen LogP contribution in [0.1, 0.15) is 0 Å². The molecule has 0 bridgehead atoms. The average Bonchev–Trinajstić information content (AvgIpc) is 3.42. The third-order valence-electron chi connectivity index (χ3n) is 4.78. The number of para-hydroxylation sites is 3. The molecule has 1 saturated heterocycles. The van der Waals surface area contributed by atoms with E-state index in [1.807, 2.05) is 54.6 Å². The topological polar surface area (TPSA) is 82.1 Å². The number of thioether (sulfide) groups is 2. The van der Waals surface area contributed by atoms with Crippen LogP contribution < -0.4 is 15.2 Å². The molecule has 1 fully saturated rings. The van der Waals surface area contributed by atoms with Gasteiger partial charge in [0, 0.05) is 5.69 Å². The van der Waals surface area contributed by atoms with E-state index in [1.165, 1.54) is 5.01 Å². The largest absolute Gasteiger partial charge is 0.320 e. The number of carbonyl (C=O) groups is 3. The lowest BCUT2D eigenvalue weighted by molar-refractivity contribution is -0.113. The van der Waals surface area contributed by atoms with E-state index in [9.17, 15) is 14.4 Å². The number of carbonyl (C=O) groups excluding carboxylic acids is 3. The van der Waals surface area contributed by atoms with Gasteiger partial charge in [-0.2, -0.15) is 5.10 Å². The van der Waals surface area contributed by atoms with Crippen molar-refractivity contribution < 1.29 is 14.4 Å². The van der Waals surface area contributed by atoms with Crippen LogP contribution in [0, 0.1) is 0 Å². The third-order valence-corrected chi connectivity index (χ3v) is 6.87. The Hall–Kier alpha value is -3.82. The van der Waals surface area contributed by atoms with Crippen LogP contribution in [0.4, 0.5) is 21.9 Å². The summed E-state index contributed by atoms with van der Waals surface area (Å²) in [6, 6.07) is 27.0. The van der Waals surface area contributed by atoms with E-state index >= 15 is 0 Å². The van der Waals surface area contributed by atoms with E-state index in [2.05, 4.69) is 10.4 Å². The molecule has 5 rings (SSSR count). The van der Waals surface area contributed by atoms with Crippen LogP contribution in [0.3, 0.4) is 0 Å². The van der Waals surface area contributed by atoms with Gasteiger partial charge in [0.05, 0.1) is 11.4 Å². The van der Waals surface area contributed by atoms with Crippen LogP contribution in [-0.2, 0) is 9.59 Å². The Bertz CT molecular complexity index is 1300. The highest BCUT2D eigenvalue weighted by Gasteiger charge is 2.42. The minimum atomic E-state index is -0.445. The molecule has 2 heterocycles. The van der Waals surface area contributed by atoms with Gasteiger partial charge in [-0.1, -0.05) is 54.6 Å². The monoisotopic (exact) mass is 472 g/mol. The number of anilines is 3. The standard InChI is InChI=1S/C24H16N4O3S2/c29-20(25-16-10-4-1-5-11-16)21-26-28(18-14-8-3-9-15-18)23(33-21)19-22(30)27(24(31)32-19)17-12-6-2-7-13-17/h1-15H,(H,25,29)/b23-19+. The molecule has 33 heavy (non-hydrogen) atoms. The molecule has 3 aromatic rings. The molecule has 9 heteroatoms. The van der Waals surface area contributed by atoms with Crippen molar-refractivity contribution in [2.75, 3.05) is 15.2 Å². The second-order valence-corrected chi connectivity index (χ2v) is 8.89. The predicted molar refractivity (Wildman–Crippen MR) is 133 cm³/mol. The fraction of sp³-hybridized carbons (Fsp3) is 0. The molecule has 7 nitrogen and oxygen atoms in total. The van der Waals surface area contributed by atoms with E-state index in [0.717, 1.165) is 28.4 Å². The number of imide groups is 1. The number of hydrogen-bond donors (Lipinski definition) is 1. The minimum absolute atomic E-state index is 0.171. The van der Waals surface area contributed by atoms with Gasteiger partial charge in [0.15, 0.2) is 5.04 Å². The Morgan fingerprint density at radius 2 is 1.33 bits per heavy atom. The second-order valence-electron chi connectivity index (χ2n) is 6.95. The average molecular weight is 473 g/mol. The Morgan fingerprint density at radius 1 is 0.758 bits per heavy atom. The summed E-state index contributed by atoms with van der Waals surface area (Å²) >= 11 is 1.90. The van der Waals surface area contributed by atoms with Crippen molar-refractivity contribution in [2.24, 2.45) is 5.10 Å². The van der Waals surface area contributed by atoms with Crippen molar-refractivity contribution in [3.63, 3.8) is 0 Å². The highest BCUT2D eigenvalue weighted by atomic mass is 32.2. The first-order chi connectivity index (χ1) is 16.1. The van der Waals surface area contributed by atoms with Gasteiger partial charge in [-0.25, -0.2) is 9.91 Å². The molecule has 2 aliphatic rings. The SMILES string of the molecule is O=C(Nc1ccccc1)C1=NN(c2ccccc2)/C(=C2\SC(=O)N(c3ccccc3)C2=O)S1. The van der Waals surface area contributed by atoms with Gasteiger partial charge in [0.1, 0.15) is 9.93 Å². The van der Waals surface area contributed by atoms with Crippen LogP contribution in [0.15, 0.2) is 106 Å². The lowest BCUT2D eigenvalue weighted by atomic mass is 10.3. The molecule has 0 radical (unpaired) electrons. The summed E-state index contributed by atoms with van der Waals surface area (Å²) in [6.07, 6.45) is 0. The van der Waals surface area contributed by atoms with Crippen molar-refractivity contribution >= 4 is 62.7 Å². The zero-order valence-electron chi connectivity index (χ0n) is 17.0. The summed E-state index contributed by atoms with van der Waals surface area (Å²) in [7, 11) is 0. The Morgan fingerprint density at radius 3 is 1.97 bits per heavy atom. The predicted octanol–water partition coefficient (Wildman–Crippen LogP) is 5.26. The quantitative estimate of drug-likeness (QED) is 0.522. The van der Waals surface area contributed by atoms with Gasteiger partial charge < -0.3 is 5.32 Å². The molecule has 1 N–H and O–H groups in total. The number of rotatable bonds is 4. The Kier molecular flexibility index (Phi) is 5.72. The molecular weight excluding hydrogens is 456 g/mol. The van der Waals surface area contributed by atoms with Gasteiger partial charge in [0.2, 0.25) is 0 Å². The van der Waals surface area contributed by atoms with Crippen LogP contribution >= 0.6 is 23.5 Å². The molecule has 162 valence electrons. The van der Waals surface area contributed by atoms with Gasteiger partial charge in [0.25, 0.3) is 17.1 Å². The van der Waals surface area contributed by atoms with Crippen molar-refractivity contribution in [3.8, 4) is 0 Å². The summed E-state index contributed by atoms with van der Waals surface area (Å²) < 4.78 is 0. The minimum Gasteiger partial charge on any atom is -0.320 e. The van der Waals surface area contributed by atoms with Crippen molar-refractivity contribution in [1.82, 2.24) is 0 Å². The molecule has 0 saturated carbocycles. The zero-order valence-corrected chi connectivity index (χ0v) is 18.7. The van der Waals surface area contributed by atoms with Gasteiger partial charge >= 0.3 is 0 Å². The fourth-order valence-corrected chi connectivity index (χ4v) is 5.19. The first kappa shape index (κ1) is 21.0. The smallest absolute Gasteiger partial charge is 0.298 e. The van der Waals surface area contributed by atoms with Crippen molar-refractivity contribution in [2.45, 2.75) is 0 Å². The number of amides is 3. The normalized spacial score (nSPS) is 18.0. The zero-order chi connectivity index (χ0) is 22.8. The molecular formula is C24H16N4O3S2. The maximum absolute atomic E-state index is 13.3. The number of hydrazone groups is 1. The lowest BCUT2D eigenvalue weighted by Gasteiger charge is -2.16. The summed E-state index contributed by atoms with van der Waals surface area (Å²) in [5.41, 5.74) is 1.80. The molecule has 0 unspecified atom stereocenters. The van der Waals surface area contributed by atoms with Gasteiger partial charge in [-0.05, 0) is 59.9 Å². The van der Waals surface area contributed by atoms with E-state index in [4.69, 9.17) is 0 Å². The van der Waals surface area contributed by atoms with E-state index in [0.29, 0.717) is 22.1 Å². The summed E-state index contributed by atoms with van der Waals surface area (Å²) in [5, 5.41) is 9.02. The number of nitrogens with zero attached hydrogens (tertiary/aromatic N) is 3. The number of nitrogens with one attached hydrogen (secondary N) is 1. The van der Waals surface area contributed by atoms with E-state index < -0.39 is 17.1 Å². The van der Waals surface area contributed by atoms with Crippen molar-refractivity contribution in [1.29, 1.82) is 0 Å². The van der Waals surface area contributed by atoms with Gasteiger partial charge in [-0.15, -0.1) is 0 Å². The molecule has 3 amide bonds. The highest BCUT2D eigenvalue weighted by molar-refractivity contribution is 8.22. The summed E-state index contributed by atoms with van der Waals surface area (Å²) in [5.74, 6) is -0.844. The maximum atomic E-state index is 13.3. The Labute approximate surface area is 198 Å². The maximum Gasteiger partial charge on any atom is 0.298 e. The van der Waals surface area contributed by atoms with E-state index in [-0.39, 0.29) is 9.95 Å². The van der Waals surface area contributed by atoms with Crippen LogP contribution in [0.5, 0.6) is 0 Å². The van der Waals surface area contributed by atoms with Crippen LogP contribution in [0.2, 0.25) is 0 Å². The van der Waals surface area contributed by atoms with E-state index in [1.54, 1.807) is 36.4 Å². The molecule has 0 aromatic heterocycles. The van der Waals surface area contributed by atoms with Gasteiger partial charge in [-0.3, -0.25) is 14.4 Å². The summed E-state index contributed by atoms with van der Waals surface area (Å²) in [4.78, 5) is 40.3. The third kappa shape index (κ3) is 4.15. The number of benzene rings is 3. The van der Waals surface area contributed by atoms with Crippen LogP contribution in [0.25, 0.3) is 0 Å². The van der Waals surface area contributed by atoms with Crippen molar-refractivity contribution in [3.05, 3.63) is 101 Å². The molecule has 3 aromatic carbocycles. The molecule has 2 aliphatic heterocycles. The first-order valence-electron chi connectivity index (χ1n) is 9.95. The lowest BCUT2D eigenvalue weighted by Crippen LogP contribution is -2.28. The first-order valence-corrected chi connectivity index (χ1v) is 11.6. The molecule has 0 atom stereocenters. The Balaban J connectivity index is 1.51. The fourth-order valence-electron chi connectivity index (χ4n) is 3.27. The second kappa shape index (κ2) is 8.97. The molecule has 0 aliphatic carbocycles. The molecule has 0 spiro atoms. The summed E-state index contributed by atoms with van der Waals surface area (Å²) in [6.45, 7) is 0. The number of hydrogen-bond acceptors (Lipinski definition) is 7.